The molecule has 18 heavy (non-hydrogen) atoms. The number of benzene rings is 2. The van der Waals surface area contributed by atoms with Crippen LogP contribution in [0.15, 0.2) is 65.6 Å². The second-order valence-electron chi connectivity index (χ2n) is 3.34. The molecule has 0 aromatic heterocycles. The van der Waals surface area contributed by atoms with E-state index in [1.165, 1.54) is 10.4 Å². The summed E-state index contributed by atoms with van der Waals surface area (Å²) in [6.07, 6.45) is 0. The molecular weight excluding hydrogens is 319 g/mol. The maximum Gasteiger partial charge on any atom is 0.236 e. The molecule has 2 aromatic rings. The zero-order valence-electron chi connectivity index (χ0n) is 9.30. The lowest BCUT2D eigenvalue weighted by atomic mass is 10.3. The zero-order chi connectivity index (χ0) is 12.8. The van der Waals surface area contributed by atoms with Crippen LogP contribution in [0.2, 0.25) is 0 Å². The number of hydrogen-bond donors (Lipinski definition) is 1. The van der Waals surface area contributed by atoms with Gasteiger partial charge in [-0.2, -0.15) is 0 Å². The highest BCUT2D eigenvalue weighted by atomic mass is 33.5. The molecule has 0 spiro atoms. The van der Waals surface area contributed by atoms with Gasteiger partial charge in [-0.1, -0.05) is 36.4 Å². The van der Waals surface area contributed by atoms with E-state index in [0.29, 0.717) is 0 Å². The Morgan fingerprint density at radius 3 is 2.06 bits per heavy atom. The maximum atomic E-state index is 5.93. The predicted octanol–water partition coefficient (Wildman–Crippen LogP) is 5.66. The number of rotatable bonds is 5. The number of hydrogen-bond acceptors (Lipinski definition) is 5. The largest absolute Gasteiger partial charge is 0.447 e. The summed E-state index contributed by atoms with van der Waals surface area (Å²) in [6.45, 7) is 0. The molecule has 1 atom stereocenters. The first-order valence-corrected chi connectivity index (χ1v) is 11.8. The summed E-state index contributed by atoms with van der Waals surface area (Å²) in [5.41, 5.74) is 0. The lowest BCUT2D eigenvalue weighted by Crippen LogP contribution is -1.84. The van der Waals surface area contributed by atoms with E-state index in [1.807, 2.05) is 60.7 Å². The van der Waals surface area contributed by atoms with Gasteiger partial charge in [-0.25, -0.2) is 0 Å². The van der Waals surface area contributed by atoms with Gasteiger partial charge in [0.2, 0.25) is 4.67 Å². The van der Waals surface area contributed by atoms with Crippen molar-refractivity contribution in [3.05, 3.63) is 60.7 Å². The average molecular weight is 330 g/mol. The fourth-order valence-electron chi connectivity index (χ4n) is 1.27. The van der Waals surface area contributed by atoms with E-state index in [0.717, 1.165) is 10.6 Å². The minimum atomic E-state index is -2.11. The lowest BCUT2D eigenvalue weighted by Gasteiger charge is -2.19. The molecule has 0 heterocycles. The van der Waals surface area contributed by atoms with Gasteiger partial charge in [-0.05, 0) is 57.9 Å². The molecule has 0 aliphatic carbocycles. The summed E-state index contributed by atoms with van der Waals surface area (Å²) in [4.78, 5) is 1.11. The second kappa shape index (κ2) is 6.92. The summed E-state index contributed by atoms with van der Waals surface area (Å²) in [5, 5.41) is 0. The Balaban J connectivity index is 2.14. The van der Waals surface area contributed by atoms with Gasteiger partial charge >= 0.3 is 0 Å². The van der Waals surface area contributed by atoms with E-state index in [9.17, 15) is 0 Å². The molecule has 2 rings (SSSR count). The lowest BCUT2D eigenvalue weighted by molar-refractivity contribution is 0.638. The minimum absolute atomic E-state index is 0.797. The highest BCUT2D eigenvalue weighted by molar-refractivity contribution is 9.15. The van der Waals surface area contributed by atoms with Crippen LogP contribution in [0.1, 0.15) is 0 Å². The first kappa shape index (κ1) is 14.4. The van der Waals surface area contributed by atoms with E-state index < -0.39 is 4.67 Å². The molecule has 0 radical (unpaired) electrons. The van der Waals surface area contributed by atoms with Crippen molar-refractivity contribution < 1.29 is 4.52 Å². The van der Waals surface area contributed by atoms with Crippen LogP contribution in [0.25, 0.3) is 0 Å². The van der Waals surface area contributed by atoms with E-state index >= 15 is 0 Å². The van der Waals surface area contributed by atoms with Gasteiger partial charge < -0.3 is 4.52 Å². The monoisotopic (exact) mass is 330 g/mol. The fraction of sp³-hybridized carbons (Fsp3) is 0. The Labute approximate surface area is 125 Å². The zero-order valence-corrected chi connectivity index (χ0v) is 13.5. The summed E-state index contributed by atoms with van der Waals surface area (Å²) in [6, 6.07) is 19.7. The Kier molecular flexibility index (Phi) is 5.52. The minimum Gasteiger partial charge on any atom is -0.447 e. The van der Waals surface area contributed by atoms with Crippen LogP contribution in [0.3, 0.4) is 0 Å². The van der Waals surface area contributed by atoms with Crippen LogP contribution in [0, 0.1) is 0 Å². The molecule has 0 saturated heterocycles. The average Bonchev–Trinajstić information content (AvgIpc) is 2.41. The molecule has 0 N–H and O–H groups in total. The highest BCUT2D eigenvalue weighted by Crippen LogP contribution is 2.72. The third-order valence-corrected chi connectivity index (χ3v) is 12.7. The maximum absolute atomic E-state index is 5.93. The SMILES string of the molecule is S=P(Oc1ccccc1)(SS)Sc1ccccc1. The predicted molar refractivity (Wildman–Crippen MR) is 90.2 cm³/mol. The number of para-hydroxylation sites is 1. The van der Waals surface area contributed by atoms with Gasteiger partial charge in [0.15, 0.2) is 0 Å². The van der Waals surface area contributed by atoms with E-state index in [4.69, 9.17) is 16.3 Å². The summed E-state index contributed by atoms with van der Waals surface area (Å²) < 4.78 is 3.82. The van der Waals surface area contributed by atoms with Crippen LogP contribution in [0.4, 0.5) is 0 Å². The van der Waals surface area contributed by atoms with Gasteiger partial charge in [0.05, 0.1) is 0 Å². The van der Waals surface area contributed by atoms with Gasteiger partial charge in [-0.15, -0.1) is 11.7 Å². The Hall–Kier alpha value is -0.0600. The van der Waals surface area contributed by atoms with E-state index in [1.54, 1.807) is 11.4 Å². The molecule has 0 aliphatic heterocycles. The quantitative estimate of drug-likeness (QED) is 0.430. The van der Waals surface area contributed by atoms with Crippen molar-refractivity contribution in [2.75, 3.05) is 0 Å². The van der Waals surface area contributed by atoms with Crippen LogP contribution in [-0.4, -0.2) is 0 Å². The molecule has 2 aromatic carbocycles. The highest BCUT2D eigenvalue weighted by Gasteiger charge is 2.20. The summed E-state index contributed by atoms with van der Waals surface area (Å²) in [7, 11) is 1.32. The molecule has 1 unspecified atom stereocenters. The van der Waals surface area contributed by atoms with Crippen molar-refractivity contribution in [1.82, 2.24) is 0 Å². The molecule has 6 heteroatoms. The Morgan fingerprint density at radius 1 is 0.944 bits per heavy atom. The van der Waals surface area contributed by atoms with Crippen LogP contribution in [0.5, 0.6) is 5.75 Å². The van der Waals surface area contributed by atoms with Crippen molar-refractivity contribution in [3.63, 3.8) is 0 Å². The second-order valence-corrected chi connectivity index (χ2v) is 14.4. The molecule has 0 amide bonds. The molecule has 1 nitrogen and oxygen atoms in total. The summed E-state index contributed by atoms with van der Waals surface area (Å²) in [5.74, 6) is 0.797. The third kappa shape index (κ3) is 4.25. The molecular formula is C12H11OPS4. The smallest absolute Gasteiger partial charge is 0.236 e. The molecule has 0 bridgehead atoms. The van der Waals surface area contributed by atoms with Crippen LogP contribution >= 0.6 is 38.1 Å². The Morgan fingerprint density at radius 2 is 1.50 bits per heavy atom. The van der Waals surface area contributed by atoms with Gasteiger partial charge in [-0.3, -0.25) is 0 Å². The first-order valence-electron chi connectivity index (χ1n) is 5.14. The van der Waals surface area contributed by atoms with Crippen LogP contribution < -0.4 is 4.52 Å². The topological polar surface area (TPSA) is 9.23 Å². The fourth-order valence-corrected chi connectivity index (χ4v) is 7.57. The third-order valence-electron chi connectivity index (χ3n) is 2.02. The molecule has 0 fully saturated rings. The first-order chi connectivity index (χ1) is 8.72. The van der Waals surface area contributed by atoms with Crippen molar-refractivity contribution in [1.29, 1.82) is 0 Å². The van der Waals surface area contributed by atoms with Crippen LogP contribution in [-0.2, 0) is 11.8 Å². The normalized spacial score (nSPS) is 13.8. The molecule has 0 aliphatic rings. The molecule has 0 saturated carbocycles. The van der Waals surface area contributed by atoms with E-state index in [2.05, 4.69) is 11.7 Å². The van der Waals surface area contributed by atoms with Crippen molar-refractivity contribution >= 4 is 49.9 Å². The van der Waals surface area contributed by atoms with Gasteiger partial charge in [0.25, 0.3) is 0 Å². The standard InChI is InChI=1S/C12H11OPS4/c15-14(18-16,13-11-7-3-1-4-8-11)17-12-9-5-2-6-10-12/h1-10,16H. The van der Waals surface area contributed by atoms with Gasteiger partial charge in [0, 0.05) is 4.90 Å². The molecule has 94 valence electrons. The van der Waals surface area contributed by atoms with E-state index in [-0.39, 0.29) is 0 Å². The van der Waals surface area contributed by atoms with Crippen molar-refractivity contribution in [2.24, 2.45) is 0 Å². The Bertz CT molecular complexity index is 487. The van der Waals surface area contributed by atoms with Gasteiger partial charge in [0.1, 0.15) is 5.75 Å². The summed E-state index contributed by atoms with van der Waals surface area (Å²) >= 11 is 11.5. The number of thiol groups is 1. The van der Waals surface area contributed by atoms with Crippen molar-refractivity contribution in [3.8, 4) is 5.75 Å². The van der Waals surface area contributed by atoms with Crippen molar-refractivity contribution in [2.45, 2.75) is 4.90 Å².